The molecule has 1 heterocycles. The van der Waals surface area contributed by atoms with Gasteiger partial charge in [0.15, 0.2) is 0 Å². The molecule has 0 saturated heterocycles. The Kier molecular flexibility index (Phi) is 4.50. The van der Waals surface area contributed by atoms with Crippen molar-refractivity contribution < 1.29 is 9.53 Å². The zero-order valence-electron chi connectivity index (χ0n) is 10.8. The third kappa shape index (κ3) is 4.10. The van der Waals surface area contributed by atoms with E-state index in [1.54, 1.807) is 25.4 Å². The van der Waals surface area contributed by atoms with Crippen molar-refractivity contribution in [3.05, 3.63) is 54.2 Å². The van der Waals surface area contributed by atoms with Gasteiger partial charge in [-0.25, -0.2) is 4.98 Å². The molecule has 0 atom stereocenters. The van der Waals surface area contributed by atoms with Crippen LogP contribution in [0.15, 0.2) is 48.7 Å². The number of pyridine rings is 1. The number of carbonyl (C=O) groups excluding carboxylic acids is 1. The lowest BCUT2D eigenvalue weighted by Gasteiger charge is -2.05. The lowest BCUT2D eigenvalue weighted by atomic mass is 10.1. The number of nitrogens with zero attached hydrogens (tertiary/aromatic N) is 1. The molecule has 98 valence electrons. The normalized spacial score (nSPS) is 9.95. The summed E-state index contributed by atoms with van der Waals surface area (Å²) in [7, 11) is 1.56. The highest BCUT2D eigenvalue weighted by Gasteiger charge is 2.03. The Bertz CT molecular complexity index is 524. The predicted molar refractivity (Wildman–Crippen MR) is 74.2 cm³/mol. The smallest absolute Gasteiger partial charge is 0.224 e. The molecule has 0 bridgehead atoms. The Morgan fingerprint density at radius 2 is 2.00 bits per heavy atom. The van der Waals surface area contributed by atoms with Crippen LogP contribution in [-0.4, -0.2) is 18.0 Å². The van der Waals surface area contributed by atoms with Gasteiger partial charge in [-0.3, -0.25) is 4.79 Å². The fourth-order valence-electron chi connectivity index (χ4n) is 1.70. The second-order valence-corrected chi connectivity index (χ2v) is 4.12. The summed E-state index contributed by atoms with van der Waals surface area (Å²) < 4.78 is 4.96. The molecule has 1 amide bonds. The van der Waals surface area contributed by atoms with Crippen LogP contribution < -0.4 is 10.1 Å². The van der Waals surface area contributed by atoms with Gasteiger partial charge in [-0.2, -0.15) is 0 Å². The molecule has 4 nitrogen and oxygen atoms in total. The quantitative estimate of drug-likeness (QED) is 0.894. The van der Waals surface area contributed by atoms with E-state index >= 15 is 0 Å². The first-order valence-corrected chi connectivity index (χ1v) is 6.12. The zero-order valence-corrected chi connectivity index (χ0v) is 10.8. The highest BCUT2D eigenvalue weighted by atomic mass is 16.5. The lowest BCUT2D eigenvalue weighted by Crippen LogP contribution is -2.12. The summed E-state index contributed by atoms with van der Waals surface area (Å²) in [5.74, 6) is 0.512. The minimum Gasteiger partial charge on any atom is -0.481 e. The molecule has 0 aliphatic carbocycles. The number of amides is 1. The summed E-state index contributed by atoms with van der Waals surface area (Å²) in [5.41, 5.74) is 1.84. The van der Waals surface area contributed by atoms with Crippen LogP contribution >= 0.6 is 0 Å². The minimum absolute atomic E-state index is 0.0178. The summed E-state index contributed by atoms with van der Waals surface area (Å²) in [6, 6.07) is 13.4. The number of aromatic nitrogens is 1. The largest absolute Gasteiger partial charge is 0.481 e. The number of anilines is 1. The molecule has 19 heavy (non-hydrogen) atoms. The maximum atomic E-state index is 11.8. The van der Waals surface area contributed by atoms with Gasteiger partial charge in [0.25, 0.3) is 0 Å². The second-order valence-electron chi connectivity index (χ2n) is 4.12. The van der Waals surface area contributed by atoms with Crippen LogP contribution in [0.2, 0.25) is 0 Å². The van der Waals surface area contributed by atoms with Crippen LogP contribution in [0.1, 0.15) is 12.0 Å². The Morgan fingerprint density at radius 3 is 2.63 bits per heavy atom. The predicted octanol–water partition coefficient (Wildman–Crippen LogP) is 2.66. The van der Waals surface area contributed by atoms with Crippen molar-refractivity contribution in [3.8, 4) is 5.88 Å². The second kappa shape index (κ2) is 6.54. The van der Waals surface area contributed by atoms with Crippen molar-refractivity contribution in [1.29, 1.82) is 0 Å². The van der Waals surface area contributed by atoms with Gasteiger partial charge < -0.3 is 10.1 Å². The Morgan fingerprint density at radius 1 is 1.21 bits per heavy atom. The number of aryl methyl sites for hydroxylation is 1. The maximum absolute atomic E-state index is 11.8. The van der Waals surface area contributed by atoms with Crippen molar-refractivity contribution in [2.24, 2.45) is 0 Å². The van der Waals surface area contributed by atoms with Gasteiger partial charge in [0.05, 0.1) is 19.0 Å². The molecule has 0 radical (unpaired) electrons. The first-order valence-electron chi connectivity index (χ1n) is 6.12. The molecule has 0 spiro atoms. The van der Waals surface area contributed by atoms with Gasteiger partial charge in [0.1, 0.15) is 0 Å². The van der Waals surface area contributed by atoms with E-state index in [0.29, 0.717) is 18.0 Å². The number of nitrogens with one attached hydrogen (secondary N) is 1. The number of hydrogen-bond acceptors (Lipinski definition) is 3. The SMILES string of the molecule is COc1ccc(NC(=O)CCc2ccccc2)cn1. The van der Waals surface area contributed by atoms with E-state index in [1.807, 2.05) is 30.3 Å². The molecule has 1 aromatic heterocycles. The molecular weight excluding hydrogens is 240 g/mol. The van der Waals surface area contributed by atoms with Crippen LogP contribution in [0.3, 0.4) is 0 Å². The van der Waals surface area contributed by atoms with Gasteiger partial charge >= 0.3 is 0 Å². The Balaban J connectivity index is 1.83. The lowest BCUT2D eigenvalue weighted by molar-refractivity contribution is -0.116. The third-order valence-electron chi connectivity index (χ3n) is 2.71. The monoisotopic (exact) mass is 256 g/mol. The van der Waals surface area contributed by atoms with Crippen LogP contribution in [0, 0.1) is 0 Å². The third-order valence-corrected chi connectivity index (χ3v) is 2.71. The molecule has 2 rings (SSSR count). The van der Waals surface area contributed by atoms with Crippen molar-refractivity contribution in [2.75, 3.05) is 12.4 Å². The molecule has 2 aromatic rings. The van der Waals surface area contributed by atoms with E-state index in [2.05, 4.69) is 10.3 Å². The highest BCUT2D eigenvalue weighted by molar-refractivity contribution is 5.90. The summed E-state index contributed by atoms with van der Waals surface area (Å²) >= 11 is 0. The number of methoxy groups -OCH3 is 1. The molecule has 0 aliphatic rings. The van der Waals surface area contributed by atoms with Gasteiger partial charge in [-0.05, 0) is 18.1 Å². The minimum atomic E-state index is -0.0178. The van der Waals surface area contributed by atoms with Gasteiger partial charge in [-0.1, -0.05) is 30.3 Å². The average molecular weight is 256 g/mol. The number of benzene rings is 1. The topological polar surface area (TPSA) is 51.2 Å². The zero-order chi connectivity index (χ0) is 13.5. The van der Waals surface area contributed by atoms with E-state index in [9.17, 15) is 4.79 Å². The first-order chi connectivity index (χ1) is 9.28. The van der Waals surface area contributed by atoms with Crippen LogP contribution in [0.5, 0.6) is 5.88 Å². The molecule has 0 aliphatic heterocycles. The molecule has 1 aromatic carbocycles. The van der Waals surface area contributed by atoms with Gasteiger partial charge in [0.2, 0.25) is 11.8 Å². The molecule has 4 heteroatoms. The Labute approximate surface area is 112 Å². The van der Waals surface area contributed by atoms with Crippen molar-refractivity contribution in [1.82, 2.24) is 4.98 Å². The van der Waals surface area contributed by atoms with Crippen LogP contribution in [0.25, 0.3) is 0 Å². The van der Waals surface area contributed by atoms with E-state index < -0.39 is 0 Å². The van der Waals surface area contributed by atoms with Gasteiger partial charge in [-0.15, -0.1) is 0 Å². The number of rotatable bonds is 5. The van der Waals surface area contributed by atoms with Crippen molar-refractivity contribution in [3.63, 3.8) is 0 Å². The highest BCUT2D eigenvalue weighted by Crippen LogP contribution is 2.11. The van der Waals surface area contributed by atoms with E-state index in [0.717, 1.165) is 12.0 Å². The number of carbonyl (C=O) groups is 1. The summed E-state index contributed by atoms with van der Waals surface area (Å²) in [6.07, 6.45) is 2.77. The van der Waals surface area contributed by atoms with E-state index in [-0.39, 0.29) is 5.91 Å². The first kappa shape index (κ1) is 13.1. The summed E-state index contributed by atoms with van der Waals surface area (Å²) in [5, 5.41) is 2.81. The van der Waals surface area contributed by atoms with Crippen LogP contribution in [0.4, 0.5) is 5.69 Å². The maximum Gasteiger partial charge on any atom is 0.224 e. The average Bonchev–Trinajstić information content (AvgIpc) is 2.47. The number of ether oxygens (including phenoxy) is 1. The molecule has 1 N–H and O–H groups in total. The fraction of sp³-hybridized carbons (Fsp3) is 0.200. The van der Waals surface area contributed by atoms with E-state index in [1.165, 1.54) is 0 Å². The number of hydrogen-bond donors (Lipinski definition) is 1. The van der Waals surface area contributed by atoms with Crippen molar-refractivity contribution >= 4 is 11.6 Å². The Hall–Kier alpha value is -2.36. The molecule has 0 fully saturated rings. The summed E-state index contributed by atoms with van der Waals surface area (Å²) in [6.45, 7) is 0. The molecular formula is C15H16N2O2. The molecule has 0 saturated carbocycles. The summed E-state index contributed by atoms with van der Waals surface area (Å²) in [4.78, 5) is 15.8. The fourth-order valence-corrected chi connectivity index (χ4v) is 1.70. The standard InChI is InChI=1S/C15H16N2O2/c1-19-15-10-8-13(11-16-15)17-14(18)9-7-12-5-3-2-4-6-12/h2-6,8,10-11H,7,9H2,1H3,(H,17,18). The molecule has 0 unspecified atom stereocenters. The van der Waals surface area contributed by atoms with Gasteiger partial charge in [0, 0.05) is 12.5 Å². The van der Waals surface area contributed by atoms with Crippen LogP contribution in [-0.2, 0) is 11.2 Å². The van der Waals surface area contributed by atoms with Crippen molar-refractivity contribution in [2.45, 2.75) is 12.8 Å². The van der Waals surface area contributed by atoms with E-state index in [4.69, 9.17) is 4.74 Å².